The molecule has 0 aliphatic carbocycles. The summed E-state index contributed by atoms with van der Waals surface area (Å²) >= 11 is 0. The average Bonchev–Trinajstić information content (AvgIpc) is 1.72. The Bertz CT molecular complexity index is 27.6. The molecule has 0 atom stereocenters. The van der Waals surface area contributed by atoms with Gasteiger partial charge in [-0.3, -0.25) is 0 Å². The lowest BCUT2D eigenvalue weighted by Crippen LogP contribution is -2.15. The van der Waals surface area contributed by atoms with Crippen LogP contribution >= 0.6 is 0 Å². The summed E-state index contributed by atoms with van der Waals surface area (Å²) in [6.07, 6.45) is 0. The van der Waals surface area contributed by atoms with Crippen LogP contribution in [-0.2, 0) is 0 Å². The fourth-order valence-electron chi connectivity index (χ4n) is 0.506. The zero-order valence-corrected chi connectivity index (χ0v) is 5.31. The molecule has 2 nitrogen and oxygen atoms in total. The van der Waals surface area contributed by atoms with Crippen molar-refractivity contribution in [3.8, 4) is 0 Å². The van der Waals surface area contributed by atoms with Gasteiger partial charge in [-0.15, -0.1) is 0 Å². The molecule has 7 heavy (non-hydrogen) atoms. The van der Waals surface area contributed by atoms with Gasteiger partial charge in [0.25, 0.3) is 0 Å². The maximum absolute atomic E-state index is 3.96. The van der Waals surface area contributed by atoms with Crippen LogP contribution in [0.15, 0.2) is 0 Å². The molecule has 0 unspecified atom stereocenters. The molecule has 0 saturated heterocycles. The Hall–Kier alpha value is -0.0800. The Labute approximate surface area is 45.5 Å². The standard InChI is InChI=1S/C5H13N2/c1-4-7(5-2)6-3/h4-5H2,1-3H3/q-1. The lowest BCUT2D eigenvalue weighted by atomic mass is 10.6. The Morgan fingerprint density at radius 2 is 1.71 bits per heavy atom. The monoisotopic (exact) mass is 101 g/mol. The van der Waals surface area contributed by atoms with Crippen LogP contribution in [0.2, 0.25) is 0 Å². The highest BCUT2D eigenvalue weighted by Gasteiger charge is 1.76. The molecule has 0 aliphatic heterocycles. The summed E-state index contributed by atoms with van der Waals surface area (Å²) in [5.74, 6) is 0. The van der Waals surface area contributed by atoms with Crippen LogP contribution in [0.1, 0.15) is 13.8 Å². The second-order valence-electron chi connectivity index (χ2n) is 1.34. The minimum atomic E-state index is 1.02. The molecule has 0 aromatic rings. The number of hydrogen-bond donors (Lipinski definition) is 0. The van der Waals surface area contributed by atoms with Gasteiger partial charge in [0.15, 0.2) is 0 Å². The van der Waals surface area contributed by atoms with Crippen LogP contribution in [0, 0.1) is 0 Å². The highest BCUT2D eigenvalue weighted by molar-refractivity contribution is 4.63. The molecule has 0 N–H and O–H groups in total. The predicted molar refractivity (Wildman–Crippen MR) is 32.2 cm³/mol. The molecule has 0 heterocycles. The van der Waals surface area contributed by atoms with Crippen molar-refractivity contribution in [2.24, 2.45) is 0 Å². The third kappa shape index (κ3) is 2.60. The van der Waals surface area contributed by atoms with Crippen LogP contribution < -0.4 is 0 Å². The summed E-state index contributed by atoms with van der Waals surface area (Å²) < 4.78 is 0. The van der Waals surface area contributed by atoms with E-state index in [1.165, 1.54) is 0 Å². The van der Waals surface area contributed by atoms with Crippen molar-refractivity contribution in [2.45, 2.75) is 13.8 Å². The zero-order chi connectivity index (χ0) is 5.70. The summed E-state index contributed by atoms with van der Waals surface area (Å²) in [4.78, 5) is 0. The van der Waals surface area contributed by atoms with Gasteiger partial charge in [0, 0.05) is 0 Å². The van der Waals surface area contributed by atoms with Gasteiger partial charge in [-0.2, -0.15) is 7.05 Å². The van der Waals surface area contributed by atoms with E-state index in [2.05, 4.69) is 19.3 Å². The molecule has 0 bridgehead atoms. The molecular formula is C5H13N2-. The van der Waals surface area contributed by atoms with Gasteiger partial charge in [-0.1, -0.05) is 13.8 Å². The van der Waals surface area contributed by atoms with Crippen molar-refractivity contribution in [1.29, 1.82) is 0 Å². The van der Waals surface area contributed by atoms with Gasteiger partial charge in [-0.05, 0) is 13.1 Å². The van der Waals surface area contributed by atoms with E-state index in [1.807, 2.05) is 12.1 Å². The Morgan fingerprint density at radius 1 is 1.29 bits per heavy atom. The van der Waals surface area contributed by atoms with E-state index in [0.717, 1.165) is 13.1 Å². The lowest BCUT2D eigenvalue weighted by molar-refractivity contribution is 0.390. The maximum atomic E-state index is 3.96. The fraction of sp³-hybridized carbons (Fsp3) is 1.00. The molecule has 0 spiro atoms. The first-order valence-electron chi connectivity index (χ1n) is 2.69. The molecule has 0 saturated carbocycles. The van der Waals surface area contributed by atoms with Crippen LogP contribution in [0.25, 0.3) is 5.43 Å². The van der Waals surface area contributed by atoms with Crippen molar-refractivity contribution in [2.75, 3.05) is 20.1 Å². The van der Waals surface area contributed by atoms with Gasteiger partial charge >= 0.3 is 0 Å². The molecule has 0 fully saturated rings. The summed E-state index contributed by atoms with van der Waals surface area (Å²) in [6.45, 7) is 6.23. The first kappa shape index (κ1) is 6.92. The summed E-state index contributed by atoms with van der Waals surface area (Å²) in [6, 6.07) is 0. The zero-order valence-electron chi connectivity index (χ0n) is 5.31. The molecule has 0 aromatic heterocycles. The van der Waals surface area contributed by atoms with Crippen molar-refractivity contribution < 1.29 is 0 Å². The van der Waals surface area contributed by atoms with Crippen LogP contribution in [-0.4, -0.2) is 25.1 Å². The van der Waals surface area contributed by atoms with E-state index in [4.69, 9.17) is 0 Å². The third-order valence-corrected chi connectivity index (χ3v) is 1.01. The molecule has 0 rings (SSSR count). The van der Waals surface area contributed by atoms with Crippen molar-refractivity contribution in [1.82, 2.24) is 5.01 Å². The topological polar surface area (TPSA) is 17.3 Å². The summed E-state index contributed by atoms with van der Waals surface area (Å²) in [7, 11) is 1.81. The van der Waals surface area contributed by atoms with Crippen LogP contribution in [0.4, 0.5) is 0 Å². The fourth-order valence-corrected chi connectivity index (χ4v) is 0.506. The van der Waals surface area contributed by atoms with Crippen LogP contribution in [0.5, 0.6) is 0 Å². The first-order valence-corrected chi connectivity index (χ1v) is 2.69. The van der Waals surface area contributed by atoms with Crippen molar-refractivity contribution >= 4 is 0 Å². The molecule has 0 aliphatic rings. The van der Waals surface area contributed by atoms with Gasteiger partial charge in [0.2, 0.25) is 0 Å². The average molecular weight is 101 g/mol. The Morgan fingerprint density at radius 3 is 1.71 bits per heavy atom. The lowest BCUT2D eigenvalue weighted by Gasteiger charge is -2.30. The van der Waals surface area contributed by atoms with E-state index in [1.54, 1.807) is 0 Å². The first-order chi connectivity index (χ1) is 3.35. The predicted octanol–water partition coefficient (Wildman–Crippen LogP) is 1.25. The molecule has 0 radical (unpaired) electrons. The SMILES string of the molecule is CCN(CC)[N-]C. The number of nitrogens with zero attached hydrogens (tertiary/aromatic N) is 2. The minimum absolute atomic E-state index is 1.02. The van der Waals surface area contributed by atoms with Gasteiger partial charge in [0.05, 0.1) is 0 Å². The van der Waals surface area contributed by atoms with Gasteiger partial charge < -0.3 is 10.4 Å². The number of hydrogen-bond acceptors (Lipinski definition) is 1. The third-order valence-electron chi connectivity index (χ3n) is 1.01. The smallest absolute Gasteiger partial charge is 0.0226 e. The van der Waals surface area contributed by atoms with E-state index < -0.39 is 0 Å². The van der Waals surface area contributed by atoms with E-state index in [0.29, 0.717) is 0 Å². The minimum Gasteiger partial charge on any atom is -0.597 e. The normalized spacial score (nSPS) is 10.3. The summed E-state index contributed by atoms with van der Waals surface area (Å²) in [5.41, 5.74) is 3.96. The van der Waals surface area contributed by atoms with Crippen molar-refractivity contribution in [3.05, 3.63) is 5.43 Å². The summed E-state index contributed by atoms with van der Waals surface area (Å²) in [5, 5.41) is 2.00. The largest absolute Gasteiger partial charge is 0.597 e. The Kier molecular flexibility index (Phi) is 4.04. The van der Waals surface area contributed by atoms with Crippen LogP contribution in [0.3, 0.4) is 0 Å². The highest BCUT2D eigenvalue weighted by atomic mass is 15.5. The molecular weight excluding hydrogens is 88.1 g/mol. The second kappa shape index (κ2) is 4.09. The van der Waals surface area contributed by atoms with E-state index in [-0.39, 0.29) is 0 Å². The van der Waals surface area contributed by atoms with E-state index >= 15 is 0 Å². The number of rotatable bonds is 3. The van der Waals surface area contributed by atoms with Gasteiger partial charge in [-0.25, -0.2) is 0 Å². The molecule has 44 valence electrons. The Balaban J connectivity index is 2.99. The molecule has 2 heteroatoms. The molecule has 0 amide bonds. The van der Waals surface area contributed by atoms with Crippen molar-refractivity contribution in [3.63, 3.8) is 0 Å². The van der Waals surface area contributed by atoms with Gasteiger partial charge in [0.1, 0.15) is 0 Å². The second-order valence-corrected chi connectivity index (χ2v) is 1.34. The quantitative estimate of drug-likeness (QED) is 0.489. The highest BCUT2D eigenvalue weighted by Crippen LogP contribution is 1.89. The van der Waals surface area contributed by atoms with E-state index in [9.17, 15) is 0 Å². The molecule has 0 aromatic carbocycles. The maximum Gasteiger partial charge on any atom is -0.0226 e.